The highest BCUT2D eigenvalue weighted by atomic mass is 35.5. The lowest BCUT2D eigenvalue weighted by atomic mass is 10.1. The summed E-state index contributed by atoms with van der Waals surface area (Å²) in [6, 6.07) is 3.02. The summed E-state index contributed by atoms with van der Waals surface area (Å²) in [6.07, 6.45) is 2.62. The first-order chi connectivity index (χ1) is 10.7. The summed E-state index contributed by atoms with van der Waals surface area (Å²) in [4.78, 5) is 12.4. The van der Waals surface area contributed by atoms with Crippen molar-refractivity contribution in [2.24, 2.45) is 5.10 Å². The largest absolute Gasteiger partial charge is 0.462 e. The molecular formula is C15H15Cl2N3O2S. The summed E-state index contributed by atoms with van der Waals surface area (Å²) >= 11 is 17.0. The summed E-state index contributed by atoms with van der Waals surface area (Å²) in [6.45, 7) is 5.91. The molecule has 8 heteroatoms. The zero-order valence-corrected chi connectivity index (χ0v) is 15.1. The van der Waals surface area contributed by atoms with Gasteiger partial charge in [-0.15, -0.1) is 0 Å². The lowest BCUT2D eigenvalue weighted by Crippen LogP contribution is -2.44. The van der Waals surface area contributed by atoms with E-state index in [1.54, 1.807) is 0 Å². The number of benzene rings is 1. The van der Waals surface area contributed by atoms with E-state index in [9.17, 15) is 4.79 Å². The molecule has 0 amide bonds. The van der Waals surface area contributed by atoms with Gasteiger partial charge in [-0.1, -0.05) is 23.2 Å². The molecule has 0 saturated carbocycles. The van der Waals surface area contributed by atoms with Gasteiger partial charge in [0, 0.05) is 10.6 Å². The molecule has 0 fully saturated rings. The number of hydrogen-bond donors (Lipinski definition) is 2. The van der Waals surface area contributed by atoms with Crippen molar-refractivity contribution in [3.05, 3.63) is 44.2 Å². The second kappa shape index (κ2) is 6.86. The molecule has 2 rings (SSSR count). The van der Waals surface area contributed by atoms with E-state index in [-0.39, 0.29) is 27.1 Å². The van der Waals surface area contributed by atoms with E-state index in [1.165, 1.54) is 24.6 Å². The number of rotatable bonds is 2. The van der Waals surface area contributed by atoms with Gasteiger partial charge in [-0.25, -0.2) is 0 Å². The minimum absolute atomic E-state index is 0.185. The first-order valence-electron chi connectivity index (χ1n) is 6.69. The maximum Gasteiger partial charge on any atom is 0.201 e. The third kappa shape index (κ3) is 4.67. The van der Waals surface area contributed by atoms with Gasteiger partial charge in [0.05, 0.1) is 22.2 Å². The van der Waals surface area contributed by atoms with E-state index in [1.807, 2.05) is 20.8 Å². The number of nitrogens with zero attached hydrogens (tertiary/aromatic N) is 1. The zero-order chi connectivity index (χ0) is 17.2. The van der Waals surface area contributed by atoms with Crippen molar-refractivity contribution in [2.75, 3.05) is 0 Å². The number of thiocarbonyl (C=S) groups is 1. The predicted molar refractivity (Wildman–Crippen MR) is 98.7 cm³/mol. The molecule has 2 N–H and O–H groups in total. The molecule has 0 aliphatic rings. The van der Waals surface area contributed by atoms with Crippen LogP contribution in [0.4, 0.5) is 0 Å². The number of hydrazone groups is 1. The highest BCUT2D eigenvalue weighted by Gasteiger charge is 2.11. The maximum absolute atomic E-state index is 12.4. The van der Waals surface area contributed by atoms with Gasteiger partial charge in [0.15, 0.2) is 10.7 Å². The Hall–Kier alpha value is -1.63. The van der Waals surface area contributed by atoms with E-state index >= 15 is 0 Å². The number of nitrogens with one attached hydrogen (secondary N) is 2. The predicted octanol–water partition coefficient (Wildman–Crippen LogP) is 3.70. The van der Waals surface area contributed by atoms with Crippen molar-refractivity contribution >= 4 is 57.7 Å². The Kier molecular flexibility index (Phi) is 5.29. The molecule has 0 aliphatic heterocycles. The zero-order valence-electron chi connectivity index (χ0n) is 12.7. The second-order valence-corrected chi connectivity index (χ2v) is 7.11. The Morgan fingerprint density at radius 2 is 2.04 bits per heavy atom. The van der Waals surface area contributed by atoms with Gasteiger partial charge in [-0.05, 0) is 45.1 Å². The topological polar surface area (TPSA) is 66.6 Å². The molecule has 0 unspecified atom stereocenters. The lowest BCUT2D eigenvalue weighted by Gasteiger charge is -2.21. The quantitative estimate of drug-likeness (QED) is 0.478. The minimum Gasteiger partial charge on any atom is -0.462 e. The molecule has 1 aromatic heterocycles. The van der Waals surface area contributed by atoms with Crippen LogP contribution in [0.2, 0.25) is 10.0 Å². The molecule has 122 valence electrons. The van der Waals surface area contributed by atoms with E-state index in [0.29, 0.717) is 15.5 Å². The molecule has 0 saturated heterocycles. The molecule has 0 spiro atoms. The first kappa shape index (κ1) is 17.7. The summed E-state index contributed by atoms with van der Waals surface area (Å²) in [7, 11) is 0. The van der Waals surface area contributed by atoms with Crippen molar-refractivity contribution < 1.29 is 4.42 Å². The Morgan fingerprint density at radius 3 is 2.70 bits per heavy atom. The second-order valence-electron chi connectivity index (χ2n) is 5.86. The van der Waals surface area contributed by atoms with Gasteiger partial charge in [-0.2, -0.15) is 5.10 Å². The van der Waals surface area contributed by atoms with E-state index < -0.39 is 0 Å². The van der Waals surface area contributed by atoms with Crippen LogP contribution in [0.1, 0.15) is 26.3 Å². The standard InChI is InChI=1S/C15H15Cl2N3O2S/c1-15(2,3)19-14(23)20-18-6-8-7-22-13-10(12(8)21)4-9(16)5-11(13)17/h4-7H,1-3H3,(H2,19,20,23)/b18-6+. The van der Waals surface area contributed by atoms with E-state index in [4.69, 9.17) is 39.8 Å². The fraction of sp³-hybridized carbons (Fsp3) is 0.267. The molecule has 1 heterocycles. The Labute approximate surface area is 148 Å². The molecule has 1 aromatic carbocycles. The SMILES string of the molecule is CC(C)(C)NC(=S)N/N=C/c1coc2c(Cl)cc(Cl)cc2c1=O. The maximum atomic E-state index is 12.4. The summed E-state index contributed by atoms with van der Waals surface area (Å²) < 4.78 is 5.39. The summed E-state index contributed by atoms with van der Waals surface area (Å²) in [5.41, 5.74) is 2.72. The third-order valence-corrected chi connectivity index (χ3v) is 3.37. The Balaban J connectivity index is 2.25. The highest BCUT2D eigenvalue weighted by Crippen LogP contribution is 2.26. The summed E-state index contributed by atoms with van der Waals surface area (Å²) in [5, 5.41) is 8.25. The average molecular weight is 372 g/mol. The fourth-order valence-corrected chi connectivity index (χ4v) is 2.70. The molecule has 0 bridgehead atoms. The van der Waals surface area contributed by atoms with Crippen LogP contribution >= 0.6 is 35.4 Å². The van der Waals surface area contributed by atoms with E-state index in [0.717, 1.165) is 0 Å². The first-order valence-corrected chi connectivity index (χ1v) is 7.85. The van der Waals surface area contributed by atoms with Gasteiger partial charge in [-0.3, -0.25) is 10.2 Å². The van der Waals surface area contributed by atoms with Crippen LogP contribution in [-0.4, -0.2) is 16.9 Å². The van der Waals surface area contributed by atoms with Gasteiger partial charge in [0.25, 0.3) is 0 Å². The normalized spacial score (nSPS) is 11.9. The van der Waals surface area contributed by atoms with Crippen LogP contribution in [0.15, 0.2) is 32.7 Å². The van der Waals surface area contributed by atoms with E-state index in [2.05, 4.69) is 15.8 Å². The number of hydrogen-bond acceptors (Lipinski definition) is 4. The van der Waals surface area contributed by atoms with Crippen LogP contribution in [0.3, 0.4) is 0 Å². The van der Waals surface area contributed by atoms with Gasteiger partial charge >= 0.3 is 0 Å². The van der Waals surface area contributed by atoms with Crippen LogP contribution < -0.4 is 16.2 Å². The molecule has 2 aromatic rings. The Morgan fingerprint density at radius 1 is 1.35 bits per heavy atom. The number of halogens is 2. The third-order valence-electron chi connectivity index (χ3n) is 2.68. The van der Waals surface area contributed by atoms with Crippen LogP contribution in [0.25, 0.3) is 11.0 Å². The number of fused-ring (bicyclic) bond motifs is 1. The van der Waals surface area contributed by atoms with Crippen molar-refractivity contribution in [1.29, 1.82) is 0 Å². The van der Waals surface area contributed by atoms with Gasteiger partial charge < -0.3 is 9.73 Å². The molecular weight excluding hydrogens is 357 g/mol. The molecule has 0 radical (unpaired) electrons. The van der Waals surface area contributed by atoms with Crippen LogP contribution in [0, 0.1) is 0 Å². The minimum atomic E-state index is -0.282. The Bertz CT molecular complexity index is 841. The van der Waals surface area contributed by atoms with Gasteiger partial charge in [0.2, 0.25) is 5.43 Å². The molecule has 5 nitrogen and oxygen atoms in total. The van der Waals surface area contributed by atoms with Crippen molar-refractivity contribution in [3.63, 3.8) is 0 Å². The molecule has 0 aliphatic carbocycles. The van der Waals surface area contributed by atoms with Crippen LogP contribution in [-0.2, 0) is 0 Å². The molecule has 0 atom stereocenters. The lowest BCUT2D eigenvalue weighted by molar-refractivity contribution is 0.508. The summed E-state index contributed by atoms with van der Waals surface area (Å²) in [5.74, 6) is 0. The fourth-order valence-electron chi connectivity index (χ4n) is 1.80. The highest BCUT2D eigenvalue weighted by molar-refractivity contribution is 7.80. The van der Waals surface area contributed by atoms with Crippen molar-refractivity contribution in [3.8, 4) is 0 Å². The smallest absolute Gasteiger partial charge is 0.201 e. The van der Waals surface area contributed by atoms with Crippen molar-refractivity contribution in [1.82, 2.24) is 10.7 Å². The van der Waals surface area contributed by atoms with Crippen molar-refractivity contribution in [2.45, 2.75) is 26.3 Å². The monoisotopic (exact) mass is 371 g/mol. The average Bonchev–Trinajstić information content (AvgIpc) is 2.40. The van der Waals surface area contributed by atoms with Gasteiger partial charge in [0.1, 0.15) is 6.26 Å². The molecule has 23 heavy (non-hydrogen) atoms. The van der Waals surface area contributed by atoms with Crippen LogP contribution in [0.5, 0.6) is 0 Å².